The molecule has 0 radical (unpaired) electrons. The summed E-state index contributed by atoms with van der Waals surface area (Å²) in [6, 6.07) is 0.0386. The molecule has 1 fully saturated rings. The van der Waals surface area contributed by atoms with Crippen molar-refractivity contribution in [1.82, 2.24) is 25.2 Å². The smallest absolute Gasteiger partial charge is 0.317 e. The zero-order chi connectivity index (χ0) is 12.1. The molecule has 94 valence electrons. The van der Waals surface area contributed by atoms with Crippen molar-refractivity contribution in [3.63, 3.8) is 0 Å². The number of nitrogens with one attached hydrogen (secondary N) is 1. The SMILES string of the molecule is CC1CCCN(C(=O)NCCn2ccnn2)C1. The predicted molar refractivity (Wildman–Crippen MR) is 63.4 cm³/mol. The minimum Gasteiger partial charge on any atom is -0.336 e. The van der Waals surface area contributed by atoms with Crippen molar-refractivity contribution in [2.45, 2.75) is 26.3 Å². The second-order valence-electron chi connectivity index (χ2n) is 4.59. The molecule has 1 unspecified atom stereocenters. The minimum atomic E-state index is 0.0386. The first-order valence-electron chi connectivity index (χ1n) is 6.12. The molecule has 1 aliphatic heterocycles. The molecule has 1 N–H and O–H groups in total. The maximum Gasteiger partial charge on any atom is 0.317 e. The normalized spacial score (nSPS) is 20.3. The fraction of sp³-hybridized carbons (Fsp3) is 0.727. The molecule has 1 saturated heterocycles. The molecule has 1 aliphatic rings. The lowest BCUT2D eigenvalue weighted by molar-refractivity contribution is 0.169. The zero-order valence-corrected chi connectivity index (χ0v) is 10.2. The van der Waals surface area contributed by atoms with Gasteiger partial charge >= 0.3 is 6.03 Å². The Labute approximate surface area is 101 Å². The lowest BCUT2D eigenvalue weighted by Crippen LogP contribution is -2.45. The van der Waals surface area contributed by atoms with Crippen LogP contribution in [0.25, 0.3) is 0 Å². The maximum absolute atomic E-state index is 11.8. The molecule has 17 heavy (non-hydrogen) atoms. The third-order valence-electron chi connectivity index (χ3n) is 3.03. The number of aromatic nitrogens is 3. The molecular formula is C11H19N5O. The quantitative estimate of drug-likeness (QED) is 0.842. The van der Waals surface area contributed by atoms with Crippen LogP contribution < -0.4 is 5.32 Å². The lowest BCUT2D eigenvalue weighted by Gasteiger charge is -2.30. The standard InChI is InChI=1S/C11H19N5O/c1-10-3-2-6-15(9-10)11(17)12-4-7-16-8-5-13-14-16/h5,8,10H,2-4,6-7,9H2,1H3,(H,12,17). The Morgan fingerprint density at radius 2 is 2.47 bits per heavy atom. The van der Waals surface area contributed by atoms with Gasteiger partial charge in [0.15, 0.2) is 0 Å². The van der Waals surface area contributed by atoms with Gasteiger partial charge in [-0.25, -0.2) is 4.79 Å². The predicted octanol–water partition coefficient (Wildman–Crippen LogP) is 0.720. The fourth-order valence-electron chi connectivity index (χ4n) is 2.12. The third kappa shape index (κ3) is 3.44. The Hall–Kier alpha value is -1.59. The van der Waals surface area contributed by atoms with E-state index in [0.29, 0.717) is 19.0 Å². The van der Waals surface area contributed by atoms with Gasteiger partial charge in [0.1, 0.15) is 0 Å². The second-order valence-corrected chi connectivity index (χ2v) is 4.59. The van der Waals surface area contributed by atoms with Crippen molar-refractivity contribution in [3.05, 3.63) is 12.4 Å². The average molecular weight is 237 g/mol. The molecular weight excluding hydrogens is 218 g/mol. The van der Waals surface area contributed by atoms with Crippen LogP contribution in [0.3, 0.4) is 0 Å². The number of amides is 2. The van der Waals surface area contributed by atoms with E-state index in [9.17, 15) is 4.79 Å². The molecule has 2 rings (SSSR count). The topological polar surface area (TPSA) is 63.1 Å². The van der Waals surface area contributed by atoms with E-state index in [2.05, 4.69) is 22.6 Å². The van der Waals surface area contributed by atoms with Crippen molar-refractivity contribution in [1.29, 1.82) is 0 Å². The van der Waals surface area contributed by atoms with Crippen molar-refractivity contribution < 1.29 is 4.79 Å². The zero-order valence-electron chi connectivity index (χ0n) is 10.2. The number of piperidine rings is 1. The van der Waals surface area contributed by atoms with Gasteiger partial charge in [0, 0.05) is 25.8 Å². The summed E-state index contributed by atoms with van der Waals surface area (Å²) < 4.78 is 1.71. The van der Waals surface area contributed by atoms with Gasteiger partial charge < -0.3 is 10.2 Å². The van der Waals surface area contributed by atoms with E-state index in [4.69, 9.17) is 0 Å². The number of nitrogens with zero attached hydrogens (tertiary/aromatic N) is 4. The Balaban J connectivity index is 1.70. The summed E-state index contributed by atoms with van der Waals surface area (Å²) >= 11 is 0. The van der Waals surface area contributed by atoms with Crippen LogP contribution in [-0.4, -0.2) is 45.6 Å². The van der Waals surface area contributed by atoms with E-state index in [1.54, 1.807) is 17.1 Å². The summed E-state index contributed by atoms with van der Waals surface area (Å²) in [4.78, 5) is 13.7. The van der Waals surface area contributed by atoms with E-state index in [0.717, 1.165) is 19.5 Å². The number of urea groups is 1. The highest BCUT2D eigenvalue weighted by Gasteiger charge is 2.20. The summed E-state index contributed by atoms with van der Waals surface area (Å²) in [5.41, 5.74) is 0. The van der Waals surface area contributed by atoms with Crippen molar-refractivity contribution in [2.24, 2.45) is 5.92 Å². The molecule has 1 aromatic heterocycles. The van der Waals surface area contributed by atoms with Crippen LogP contribution in [0.5, 0.6) is 0 Å². The number of carbonyl (C=O) groups excluding carboxylic acids is 1. The van der Waals surface area contributed by atoms with Crippen LogP contribution >= 0.6 is 0 Å². The van der Waals surface area contributed by atoms with Gasteiger partial charge in [-0.2, -0.15) is 0 Å². The largest absolute Gasteiger partial charge is 0.336 e. The number of hydrogen-bond acceptors (Lipinski definition) is 3. The summed E-state index contributed by atoms with van der Waals surface area (Å²) in [5, 5.41) is 10.5. The van der Waals surface area contributed by atoms with Gasteiger partial charge in [-0.05, 0) is 18.8 Å². The fourth-order valence-corrected chi connectivity index (χ4v) is 2.12. The summed E-state index contributed by atoms with van der Waals surface area (Å²) in [5.74, 6) is 0.616. The maximum atomic E-state index is 11.8. The van der Waals surface area contributed by atoms with Crippen LogP contribution in [-0.2, 0) is 6.54 Å². The molecule has 0 saturated carbocycles. The first kappa shape index (κ1) is 11.9. The Kier molecular flexibility index (Phi) is 3.95. The van der Waals surface area contributed by atoms with Gasteiger partial charge in [0.25, 0.3) is 0 Å². The monoisotopic (exact) mass is 237 g/mol. The molecule has 6 heteroatoms. The molecule has 1 aromatic rings. The van der Waals surface area contributed by atoms with Crippen molar-refractivity contribution in [2.75, 3.05) is 19.6 Å². The second kappa shape index (κ2) is 5.65. The van der Waals surface area contributed by atoms with Crippen LogP contribution in [0.2, 0.25) is 0 Å². The molecule has 2 amide bonds. The van der Waals surface area contributed by atoms with Gasteiger partial charge in [-0.1, -0.05) is 12.1 Å². The highest BCUT2D eigenvalue weighted by atomic mass is 16.2. The summed E-state index contributed by atoms with van der Waals surface area (Å²) in [6.07, 6.45) is 5.75. The number of carbonyl (C=O) groups is 1. The van der Waals surface area contributed by atoms with Crippen LogP contribution in [0, 0.1) is 5.92 Å². The third-order valence-corrected chi connectivity index (χ3v) is 3.03. The lowest BCUT2D eigenvalue weighted by atomic mass is 10.0. The molecule has 0 spiro atoms. The molecule has 0 bridgehead atoms. The van der Waals surface area contributed by atoms with Crippen molar-refractivity contribution in [3.8, 4) is 0 Å². The molecule has 6 nitrogen and oxygen atoms in total. The minimum absolute atomic E-state index is 0.0386. The Morgan fingerprint density at radius 3 is 3.18 bits per heavy atom. The average Bonchev–Trinajstić information content (AvgIpc) is 2.82. The Bertz CT molecular complexity index is 351. The van der Waals surface area contributed by atoms with Gasteiger partial charge in [0.05, 0.1) is 12.7 Å². The van der Waals surface area contributed by atoms with Crippen LogP contribution in [0.4, 0.5) is 4.79 Å². The van der Waals surface area contributed by atoms with Crippen molar-refractivity contribution >= 4 is 6.03 Å². The first-order chi connectivity index (χ1) is 8.25. The molecule has 2 heterocycles. The Morgan fingerprint density at radius 1 is 1.59 bits per heavy atom. The molecule has 1 atom stereocenters. The van der Waals surface area contributed by atoms with E-state index in [1.165, 1.54) is 6.42 Å². The summed E-state index contributed by atoms with van der Waals surface area (Å²) in [7, 11) is 0. The molecule has 0 aromatic carbocycles. The van der Waals surface area contributed by atoms with Crippen LogP contribution in [0.1, 0.15) is 19.8 Å². The highest BCUT2D eigenvalue weighted by molar-refractivity contribution is 5.74. The van der Waals surface area contributed by atoms with E-state index < -0.39 is 0 Å². The van der Waals surface area contributed by atoms with E-state index in [1.807, 2.05) is 4.90 Å². The molecule has 0 aliphatic carbocycles. The first-order valence-corrected chi connectivity index (χ1v) is 6.12. The number of hydrogen-bond donors (Lipinski definition) is 1. The van der Waals surface area contributed by atoms with E-state index >= 15 is 0 Å². The van der Waals surface area contributed by atoms with E-state index in [-0.39, 0.29) is 6.03 Å². The highest BCUT2D eigenvalue weighted by Crippen LogP contribution is 2.14. The van der Waals surface area contributed by atoms with Gasteiger partial charge in [-0.15, -0.1) is 5.10 Å². The van der Waals surface area contributed by atoms with Crippen LogP contribution in [0.15, 0.2) is 12.4 Å². The summed E-state index contributed by atoms with van der Waals surface area (Å²) in [6.45, 7) is 5.19. The van der Waals surface area contributed by atoms with Gasteiger partial charge in [0.2, 0.25) is 0 Å². The number of rotatable bonds is 3. The number of likely N-dealkylation sites (tertiary alicyclic amines) is 1. The van der Waals surface area contributed by atoms with Gasteiger partial charge in [-0.3, -0.25) is 4.68 Å².